The molecular weight excluding hydrogens is 446 g/mol. The van der Waals surface area contributed by atoms with Crippen LogP contribution in [0.1, 0.15) is 18.4 Å². The number of pyridine rings is 1. The highest BCUT2D eigenvalue weighted by molar-refractivity contribution is 7.91. The monoisotopic (exact) mass is 466 g/mol. The van der Waals surface area contributed by atoms with Crippen LogP contribution in [0.3, 0.4) is 0 Å². The Morgan fingerprint density at radius 2 is 2.00 bits per heavy atom. The van der Waals surface area contributed by atoms with Crippen molar-refractivity contribution in [1.82, 2.24) is 9.88 Å². The molecule has 4 rings (SSSR count). The molecule has 0 unspecified atom stereocenters. The Labute approximate surface area is 184 Å². The van der Waals surface area contributed by atoms with Gasteiger partial charge in [0.15, 0.2) is 0 Å². The molecule has 2 aromatic carbocycles. The third-order valence-corrected chi connectivity index (χ3v) is 7.39. The summed E-state index contributed by atoms with van der Waals surface area (Å²) in [6.45, 7) is 0.644. The molecule has 1 aromatic heterocycles. The second-order valence-electron chi connectivity index (χ2n) is 7.63. The number of piperidine rings is 1. The lowest BCUT2D eigenvalue weighted by Crippen LogP contribution is -2.42. The summed E-state index contributed by atoms with van der Waals surface area (Å²) in [7, 11) is -2.40. The van der Waals surface area contributed by atoms with Gasteiger partial charge in [-0.1, -0.05) is 29.8 Å². The highest BCUT2D eigenvalue weighted by Gasteiger charge is 2.35. The molecule has 2 heterocycles. The molecule has 0 bridgehead atoms. The van der Waals surface area contributed by atoms with Gasteiger partial charge < -0.3 is 4.74 Å². The molecule has 0 atom stereocenters. The van der Waals surface area contributed by atoms with Crippen molar-refractivity contribution in [2.75, 3.05) is 20.2 Å². The number of sulfone groups is 1. The first-order valence-electron chi connectivity index (χ1n) is 9.76. The molecule has 1 fully saturated rings. The summed E-state index contributed by atoms with van der Waals surface area (Å²) in [5.41, 5.74) is 1.38. The Morgan fingerprint density at radius 1 is 1.19 bits per heavy atom. The van der Waals surface area contributed by atoms with Crippen LogP contribution in [0.5, 0.6) is 5.75 Å². The van der Waals surface area contributed by atoms with E-state index < -0.39 is 15.8 Å². The molecule has 0 amide bonds. The van der Waals surface area contributed by atoms with Crippen LogP contribution in [0.4, 0.5) is 8.78 Å². The highest BCUT2D eigenvalue weighted by atomic mass is 35.5. The molecular formula is C22H21ClF2N2O3S. The third-order valence-electron chi connectivity index (χ3n) is 5.38. The van der Waals surface area contributed by atoms with E-state index in [2.05, 4.69) is 4.98 Å². The van der Waals surface area contributed by atoms with Gasteiger partial charge in [0, 0.05) is 24.5 Å². The lowest BCUT2D eigenvalue weighted by atomic mass is 10.0. The first-order valence-corrected chi connectivity index (χ1v) is 11.6. The van der Waals surface area contributed by atoms with Crippen LogP contribution in [0.2, 0.25) is 5.02 Å². The molecule has 3 aromatic rings. The number of hydrogen-bond acceptors (Lipinski definition) is 5. The van der Waals surface area contributed by atoms with E-state index in [4.69, 9.17) is 16.3 Å². The van der Waals surface area contributed by atoms with Crippen molar-refractivity contribution in [1.29, 1.82) is 0 Å². The summed E-state index contributed by atoms with van der Waals surface area (Å²) < 4.78 is 58.7. The molecule has 9 heteroatoms. The zero-order valence-electron chi connectivity index (χ0n) is 16.8. The van der Waals surface area contributed by atoms with Crippen LogP contribution >= 0.6 is 11.6 Å². The predicted molar refractivity (Wildman–Crippen MR) is 115 cm³/mol. The van der Waals surface area contributed by atoms with Crippen molar-refractivity contribution in [3.05, 3.63) is 59.2 Å². The minimum atomic E-state index is -3.85. The lowest BCUT2D eigenvalue weighted by molar-refractivity contribution is -0.0660. The molecule has 1 aliphatic rings. The third kappa shape index (κ3) is 4.51. The zero-order chi connectivity index (χ0) is 22.2. The summed E-state index contributed by atoms with van der Waals surface area (Å²) in [6, 6.07) is 11.2. The van der Waals surface area contributed by atoms with E-state index in [9.17, 15) is 17.2 Å². The van der Waals surface area contributed by atoms with Gasteiger partial charge in [0.05, 0.1) is 34.0 Å². The van der Waals surface area contributed by atoms with Crippen LogP contribution < -0.4 is 4.74 Å². The normalized spacial score (nSPS) is 17.0. The van der Waals surface area contributed by atoms with Gasteiger partial charge in [0.1, 0.15) is 5.75 Å². The van der Waals surface area contributed by atoms with Crippen LogP contribution in [0.25, 0.3) is 10.9 Å². The molecule has 0 aliphatic carbocycles. The summed E-state index contributed by atoms with van der Waals surface area (Å²) in [6.07, 6.45) is 1.65. The number of para-hydroxylation sites is 1. The molecule has 0 radical (unpaired) electrons. The van der Waals surface area contributed by atoms with Gasteiger partial charge in [0.25, 0.3) is 5.92 Å². The average Bonchev–Trinajstić information content (AvgIpc) is 2.73. The van der Waals surface area contributed by atoms with E-state index in [0.29, 0.717) is 36.2 Å². The topological polar surface area (TPSA) is 59.5 Å². The maximum Gasteiger partial charge on any atom is 0.260 e. The number of ether oxygens (including phenoxy) is 1. The SMILES string of the molecule is COc1ccc(S(=O)(=O)c2cnc3c(CN4CCCC(F)(F)C4)cccc3c2)cc1Cl. The van der Waals surface area contributed by atoms with Crippen LogP contribution in [-0.4, -0.2) is 44.4 Å². The summed E-state index contributed by atoms with van der Waals surface area (Å²) >= 11 is 6.09. The van der Waals surface area contributed by atoms with E-state index >= 15 is 0 Å². The van der Waals surface area contributed by atoms with Gasteiger partial charge in [-0.15, -0.1) is 0 Å². The highest BCUT2D eigenvalue weighted by Crippen LogP contribution is 2.32. The Morgan fingerprint density at radius 3 is 2.71 bits per heavy atom. The van der Waals surface area contributed by atoms with E-state index in [0.717, 1.165) is 5.56 Å². The fraction of sp³-hybridized carbons (Fsp3) is 0.318. The van der Waals surface area contributed by atoms with Crippen molar-refractivity contribution in [3.8, 4) is 5.75 Å². The van der Waals surface area contributed by atoms with Gasteiger partial charge in [-0.2, -0.15) is 0 Å². The molecule has 1 aliphatic heterocycles. The summed E-state index contributed by atoms with van der Waals surface area (Å²) in [5.74, 6) is -2.30. The van der Waals surface area contributed by atoms with E-state index in [1.54, 1.807) is 23.1 Å². The number of nitrogens with zero attached hydrogens (tertiary/aromatic N) is 2. The fourth-order valence-corrected chi connectivity index (χ4v) is 5.44. The molecule has 0 N–H and O–H groups in total. The quantitative estimate of drug-likeness (QED) is 0.532. The number of alkyl halides is 2. The maximum absolute atomic E-state index is 13.8. The molecule has 0 saturated carbocycles. The van der Waals surface area contributed by atoms with Gasteiger partial charge in [-0.25, -0.2) is 17.2 Å². The van der Waals surface area contributed by atoms with Gasteiger partial charge in [-0.05, 0) is 42.8 Å². The van der Waals surface area contributed by atoms with Crippen molar-refractivity contribution in [3.63, 3.8) is 0 Å². The predicted octanol–water partition coefficient (Wildman–Crippen LogP) is 4.96. The first-order chi connectivity index (χ1) is 14.7. The smallest absolute Gasteiger partial charge is 0.260 e. The number of methoxy groups -OCH3 is 1. The van der Waals surface area contributed by atoms with Crippen molar-refractivity contribution in [2.45, 2.75) is 35.1 Å². The fourth-order valence-electron chi connectivity index (χ4n) is 3.85. The summed E-state index contributed by atoms with van der Waals surface area (Å²) in [4.78, 5) is 6.16. The van der Waals surface area contributed by atoms with Crippen molar-refractivity contribution >= 4 is 32.3 Å². The minimum absolute atomic E-state index is 0.0305. The minimum Gasteiger partial charge on any atom is -0.495 e. The van der Waals surface area contributed by atoms with E-state index in [-0.39, 0.29) is 27.8 Å². The average molecular weight is 467 g/mol. The lowest BCUT2D eigenvalue weighted by Gasteiger charge is -2.32. The largest absolute Gasteiger partial charge is 0.495 e. The van der Waals surface area contributed by atoms with Gasteiger partial charge in [0.2, 0.25) is 9.84 Å². The number of fused-ring (bicyclic) bond motifs is 1. The zero-order valence-corrected chi connectivity index (χ0v) is 18.4. The number of rotatable bonds is 5. The number of halogens is 3. The maximum atomic E-state index is 13.8. The van der Waals surface area contributed by atoms with E-state index in [1.165, 1.54) is 31.5 Å². The Bertz CT molecular complexity index is 1230. The van der Waals surface area contributed by atoms with Crippen LogP contribution in [-0.2, 0) is 16.4 Å². The molecule has 1 saturated heterocycles. The van der Waals surface area contributed by atoms with Gasteiger partial charge >= 0.3 is 0 Å². The molecule has 0 spiro atoms. The number of aromatic nitrogens is 1. The Hall–Kier alpha value is -2.29. The first kappa shape index (κ1) is 21.9. The molecule has 31 heavy (non-hydrogen) atoms. The second kappa shape index (κ2) is 8.33. The van der Waals surface area contributed by atoms with Gasteiger partial charge in [-0.3, -0.25) is 9.88 Å². The van der Waals surface area contributed by atoms with Crippen molar-refractivity contribution < 1.29 is 21.9 Å². The summed E-state index contributed by atoms with van der Waals surface area (Å²) in [5, 5.41) is 0.819. The van der Waals surface area contributed by atoms with Crippen LogP contribution in [0, 0.1) is 0 Å². The number of benzene rings is 2. The second-order valence-corrected chi connectivity index (χ2v) is 9.99. The molecule has 5 nitrogen and oxygen atoms in total. The van der Waals surface area contributed by atoms with Crippen LogP contribution in [0.15, 0.2) is 58.5 Å². The molecule has 164 valence electrons. The Balaban J connectivity index is 1.67. The number of likely N-dealkylation sites (tertiary alicyclic amines) is 1. The Kier molecular flexibility index (Phi) is 5.89. The van der Waals surface area contributed by atoms with Crippen molar-refractivity contribution in [2.24, 2.45) is 0 Å². The number of hydrogen-bond donors (Lipinski definition) is 0. The van der Waals surface area contributed by atoms with E-state index in [1.807, 2.05) is 6.07 Å². The standard InChI is InChI=1S/C22H21ClF2N2O3S/c1-30-20-7-6-17(11-19(20)23)31(28,29)18-10-15-4-2-5-16(21(15)26-12-18)13-27-9-3-8-22(24,25)14-27/h2,4-7,10-12H,3,8-9,13-14H2,1H3.